The first-order valence-electron chi connectivity index (χ1n) is 11.5. The van der Waals surface area contributed by atoms with E-state index in [0.29, 0.717) is 43.2 Å². The lowest BCUT2D eigenvalue weighted by atomic mass is 10.0. The van der Waals surface area contributed by atoms with Gasteiger partial charge in [-0.1, -0.05) is 19.1 Å². The van der Waals surface area contributed by atoms with Gasteiger partial charge in [-0.15, -0.1) is 0 Å². The summed E-state index contributed by atoms with van der Waals surface area (Å²) in [4.78, 5) is 28.7. The summed E-state index contributed by atoms with van der Waals surface area (Å²) in [5.41, 5.74) is 1.79. The molecular weight excluding hydrogens is 437 g/mol. The number of carbonyl (C=O) groups is 2. The Morgan fingerprint density at radius 2 is 1.97 bits per heavy atom. The van der Waals surface area contributed by atoms with Crippen LogP contribution in [0.25, 0.3) is 0 Å². The number of carbonyl (C=O) groups excluding carboxylic acids is 2. The molecule has 1 heterocycles. The minimum atomic E-state index is -0.261. The molecule has 0 aliphatic carbocycles. The number of nitrogens with one attached hydrogen (secondary N) is 1. The summed E-state index contributed by atoms with van der Waals surface area (Å²) >= 11 is 0. The van der Waals surface area contributed by atoms with Gasteiger partial charge in [0.15, 0.2) is 0 Å². The van der Waals surface area contributed by atoms with Crippen LogP contribution in [0.4, 0.5) is 10.1 Å². The maximum atomic E-state index is 13.8. The third kappa shape index (κ3) is 6.55. The number of ether oxygens (including phenoxy) is 2. The van der Waals surface area contributed by atoms with Crippen LogP contribution in [-0.2, 0) is 16.1 Å². The molecule has 0 fully saturated rings. The van der Waals surface area contributed by atoms with Gasteiger partial charge in [-0.05, 0) is 48.7 Å². The van der Waals surface area contributed by atoms with E-state index in [4.69, 9.17) is 9.47 Å². The molecule has 2 aromatic carbocycles. The van der Waals surface area contributed by atoms with Crippen molar-refractivity contribution in [1.82, 2.24) is 9.80 Å². The molecule has 2 aromatic rings. The van der Waals surface area contributed by atoms with Crippen molar-refractivity contribution in [2.24, 2.45) is 5.92 Å². The number of rotatable bonds is 4. The lowest BCUT2D eigenvalue weighted by molar-refractivity contribution is -0.114. The zero-order valence-corrected chi connectivity index (χ0v) is 20.5. The van der Waals surface area contributed by atoms with E-state index in [1.54, 1.807) is 49.4 Å². The van der Waals surface area contributed by atoms with E-state index < -0.39 is 0 Å². The van der Waals surface area contributed by atoms with Crippen molar-refractivity contribution in [1.29, 1.82) is 0 Å². The predicted molar refractivity (Wildman–Crippen MR) is 129 cm³/mol. The second-order valence-corrected chi connectivity index (χ2v) is 9.05. The maximum Gasteiger partial charge on any atom is 0.257 e. The molecule has 0 spiro atoms. The minimum Gasteiger partial charge on any atom is -0.491 e. The van der Waals surface area contributed by atoms with Crippen molar-refractivity contribution in [2.75, 3.05) is 39.2 Å². The molecule has 0 unspecified atom stereocenters. The van der Waals surface area contributed by atoms with Gasteiger partial charge in [0.2, 0.25) is 5.91 Å². The number of hydrogen-bond donors (Lipinski definition) is 1. The smallest absolute Gasteiger partial charge is 0.257 e. The summed E-state index contributed by atoms with van der Waals surface area (Å²) in [6.45, 7) is 7.54. The van der Waals surface area contributed by atoms with Gasteiger partial charge >= 0.3 is 0 Å². The van der Waals surface area contributed by atoms with E-state index in [2.05, 4.69) is 24.1 Å². The monoisotopic (exact) mass is 471 g/mol. The van der Waals surface area contributed by atoms with Gasteiger partial charge in [0, 0.05) is 52.4 Å². The summed E-state index contributed by atoms with van der Waals surface area (Å²) in [5.74, 6) is -0.138. The lowest BCUT2D eigenvalue weighted by Crippen LogP contribution is -2.46. The molecule has 0 saturated carbocycles. The number of fused-ring (bicyclic) bond motifs is 1. The third-order valence-electron chi connectivity index (χ3n) is 6.17. The Balaban J connectivity index is 1.94. The highest BCUT2D eigenvalue weighted by Crippen LogP contribution is 2.27. The number of benzene rings is 2. The predicted octanol–water partition coefficient (Wildman–Crippen LogP) is 3.79. The minimum absolute atomic E-state index is 0.0154. The number of anilines is 1. The summed E-state index contributed by atoms with van der Waals surface area (Å²) in [7, 11) is 3.38. The zero-order chi connectivity index (χ0) is 24.8. The molecule has 8 heteroatoms. The van der Waals surface area contributed by atoms with Crippen LogP contribution in [-0.4, -0.2) is 67.6 Å². The zero-order valence-electron chi connectivity index (χ0n) is 20.5. The van der Waals surface area contributed by atoms with Gasteiger partial charge in [0.1, 0.15) is 18.2 Å². The Labute approximate surface area is 200 Å². The van der Waals surface area contributed by atoms with E-state index in [9.17, 15) is 14.0 Å². The van der Waals surface area contributed by atoms with Crippen LogP contribution in [0, 0.1) is 11.7 Å². The summed E-state index contributed by atoms with van der Waals surface area (Å²) in [6.07, 6.45) is -0.196. The van der Waals surface area contributed by atoms with Crippen molar-refractivity contribution in [3.8, 4) is 5.75 Å². The SMILES string of the molecule is CO[C@@H]1CN(C)C(=O)c2cc(NC(C)=O)ccc2OC[C@H](C)N(Cc2cccc(F)c2)C[C@H]1C. The fourth-order valence-corrected chi connectivity index (χ4v) is 4.22. The first kappa shape index (κ1) is 25.6. The molecular formula is C26H34FN3O4. The van der Waals surface area contributed by atoms with Crippen molar-refractivity contribution >= 4 is 17.5 Å². The quantitative estimate of drug-likeness (QED) is 0.735. The average Bonchev–Trinajstić information content (AvgIpc) is 2.79. The standard InChI is InChI=1S/C26H34FN3O4/c1-17-13-30(14-20-7-6-8-21(27)11-20)18(2)16-34-24-10-9-22(28-19(3)31)12-23(24)26(32)29(4)15-25(17)33-5/h6-12,17-18,25H,13-16H2,1-5H3,(H,28,31)/t17-,18+,25-/m1/s1. The maximum absolute atomic E-state index is 13.8. The number of likely N-dealkylation sites (N-methyl/N-ethyl adjacent to an activating group) is 1. The van der Waals surface area contributed by atoms with E-state index >= 15 is 0 Å². The van der Waals surface area contributed by atoms with Crippen LogP contribution < -0.4 is 10.1 Å². The van der Waals surface area contributed by atoms with E-state index in [-0.39, 0.29) is 35.7 Å². The molecule has 3 rings (SSSR count). The largest absolute Gasteiger partial charge is 0.491 e. The van der Waals surface area contributed by atoms with Crippen LogP contribution >= 0.6 is 0 Å². The van der Waals surface area contributed by atoms with Crippen molar-refractivity contribution in [2.45, 2.75) is 39.5 Å². The molecule has 2 amide bonds. The number of halogens is 1. The highest BCUT2D eigenvalue weighted by atomic mass is 19.1. The fraction of sp³-hybridized carbons (Fsp3) is 0.462. The molecule has 0 bridgehead atoms. The van der Waals surface area contributed by atoms with Gasteiger partial charge in [0.25, 0.3) is 5.91 Å². The topological polar surface area (TPSA) is 71.1 Å². The molecule has 1 aliphatic rings. The summed E-state index contributed by atoms with van der Waals surface area (Å²) in [6, 6.07) is 11.7. The Kier molecular flexibility index (Phi) is 8.63. The molecule has 34 heavy (non-hydrogen) atoms. The second-order valence-electron chi connectivity index (χ2n) is 9.05. The first-order valence-corrected chi connectivity index (χ1v) is 11.5. The van der Waals surface area contributed by atoms with Crippen LogP contribution in [0.5, 0.6) is 5.75 Å². The first-order chi connectivity index (χ1) is 16.2. The van der Waals surface area contributed by atoms with E-state index in [1.165, 1.54) is 13.0 Å². The van der Waals surface area contributed by atoms with E-state index in [1.807, 2.05) is 6.07 Å². The molecule has 0 saturated heterocycles. The van der Waals surface area contributed by atoms with Crippen molar-refractivity contribution in [3.63, 3.8) is 0 Å². The highest BCUT2D eigenvalue weighted by molar-refractivity contribution is 5.99. The second kappa shape index (κ2) is 11.4. The molecule has 1 N–H and O–H groups in total. The van der Waals surface area contributed by atoms with Gasteiger partial charge in [-0.3, -0.25) is 14.5 Å². The van der Waals surface area contributed by atoms with E-state index in [0.717, 1.165) is 5.56 Å². The van der Waals surface area contributed by atoms with Gasteiger partial charge in [0.05, 0.1) is 11.7 Å². The molecule has 1 aliphatic heterocycles. The number of methoxy groups -OCH3 is 1. The number of nitrogens with zero attached hydrogens (tertiary/aromatic N) is 2. The average molecular weight is 472 g/mol. The molecule has 3 atom stereocenters. The number of amides is 2. The Bertz CT molecular complexity index is 1020. The highest BCUT2D eigenvalue weighted by Gasteiger charge is 2.28. The van der Waals surface area contributed by atoms with Crippen molar-refractivity contribution < 1.29 is 23.5 Å². The Hall–Kier alpha value is -2.97. The fourth-order valence-electron chi connectivity index (χ4n) is 4.22. The summed E-state index contributed by atoms with van der Waals surface area (Å²) in [5, 5.41) is 2.72. The third-order valence-corrected chi connectivity index (χ3v) is 6.17. The van der Waals surface area contributed by atoms with Crippen LogP contribution in [0.2, 0.25) is 0 Å². The van der Waals surface area contributed by atoms with Crippen LogP contribution in [0.1, 0.15) is 36.7 Å². The lowest BCUT2D eigenvalue weighted by Gasteiger charge is -2.36. The molecule has 0 aromatic heterocycles. The van der Waals surface area contributed by atoms with Crippen LogP contribution in [0.3, 0.4) is 0 Å². The summed E-state index contributed by atoms with van der Waals surface area (Å²) < 4.78 is 25.7. The Morgan fingerprint density at radius 3 is 2.65 bits per heavy atom. The molecule has 7 nitrogen and oxygen atoms in total. The van der Waals surface area contributed by atoms with Crippen molar-refractivity contribution in [3.05, 3.63) is 59.4 Å². The van der Waals surface area contributed by atoms with Crippen LogP contribution in [0.15, 0.2) is 42.5 Å². The Morgan fingerprint density at radius 1 is 1.21 bits per heavy atom. The van der Waals surface area contributed by atoms with Gasteiger partial charge in [-0.25, -0.2) is 4.39 Å². The molecule has 184 valence electrons. The van der Waals surface area contributed by atoms with Gasteiger partial charge in [-0.2, -0.15) is 0 Å². The number of hydrogen-bond acceptors (Lipinski definition) is 5. The molecule has 0 radical (unpaired) electrons. The normalized spacial score (nSPS) is 22.2. The van der Waals surface area contributed by atoms with Gasteiger partial charge < -0.3 is 19.7 Å².